The van der Waals surface area contributed by atoms with Crippen LogP contribution in [0.3, 0.4) is 0 Å². The zero-order valence-corrected chi connectivity index (χ0v) is 11.2. The van der Waals surface area contributed by atoms with E-state index in [1.807, 2.05) is 24.3 Å². The van der Waals surface area contributed by atoms with Crippen molar-refractivity contribution < 1.29 is 0 Å². The third kappa shape index (κ3) is 3.35. The summed E-state index contributed by atoms with van der Waals surface area (Å²) in [6.45, 7) is 7.00. The Morgan fingerprint density at radius 2 is 2.12 bits per heavy atom. The van der Waals surface area contributed by atoms with E-state index in [2.05, 4.69) is 41.3 Å². The minimum absolute atomic E-state index is 0.365. The van der Waals surface area contributed by atoms with Crippen LogP contribution in [-0.4, -0.2) is 9.97 Å². The van der Waals surface area contributed by atoms with Crippen LogP contribution in [0.1, 0.15) is 34.2 Å². The van der Waals surface area contributed by atoms with Crippen molar-refractivity contribution in [1.82, 2.24) is 15.3 Å². The number of aromatic nitrogens is 2. The second kappa shape index (κ2) is 5.38. The highest BCUT2D eigenvalue weighted by Crippen LogP contribution is 2.22. The average molecular weight is 247 g/mol. The fraction of sp³-hybridized carbons (Fsp3) is 0.385. The predicted octanol–water partition coefficient (Wildman–Crippen LogP) is 3.01. The van der Waals surface area contributed by atoms with Crippen molar-refractivity contribution in [2.24, 2.45) is 0 Å². The summed E-state index contributed by atoms with van der Waals surface area (Å²) >= 11 is 1.84. The number of hydrogen-bond acceptors (Lipinski definition) is 4. The lowest BCUT2D eigenvalue weighted by Crippen LogP contribution is -2.18. The largest absolute Gasteiger partial charge is 0.304 e. The van der Waals surface area contributed by atoms with Crippen molar-refractivity contribution in [2.45, 2.75) is 33.4 Å². The molecule has 3 nitrogen and oxygen atoms in total. The van der Waals surface area contributed by atoms with Gasteiger partial charge in [-0.25, -0.2) is 9.97 Å². The van der Waals surface area contributed by atoms with Crippen molar-refractivity contribution in [3.63, 3.8) is 0 Å². The van der Waals surface area contributed by atoms with E-state index in [1.54, 1.807) is 6.20 Å². The minimum Gasteiger partial charge on any atom is -0.304 e. The lowest BCUT2D eigenvalue weighted by Gasteiger charge is -2.11. The van der Waals surface area contributed by atoms with Crippen LogP contribution in [-0.2, 0) is 6.54 Å². The van der Waals surface area contributed by atoms with Gasteiger partial charge in [-0.05, 0) is 39.0 Å². The first-order valence-electron chi connectivity index (χ1n) is 5.73. The molecule has 4 heteroatoms. The molecule has 90 valence electrons. The quantitative estimate of drug-likeness (QED) is 0.902. The van der Waals surface area contributed by atoms with Crippen LogP contribution < -0.4 is 5.32 Å². The van der Waals surface area contributed by atoms with Gasteiger partial charge in [0.05, 0.1) is 5.69 Å². The summed E-state index contributed by atoms with van der Waals surface area (Å²) < 4.78 is 0. The van der Waals surface area contributed by atoms with Gasteiger partial charge in [0.15, 0.2) is 0 Å². The summed E-state index contributed by atoms with van der Waals surface area (Å²) in [5.74, 6) is 0.823. The smallest absolute Gasteiger partial charge is 0.125 e. The molecule has 0 saturated heterocycles. The second-order valence-electron chi connectivity index (χ2n) is 4.15. The normalized spacial score (nSPS) is 12.6. The fourth-order valence-corrected chi connectivity index (χ4v) is 2.55. The molecule has 0 aromatic carbocycles. The van der Waals surface area contributed by atoms with Gasteiger partial charge in [0, 0.05) is 28.5 Å². The Labute approximate surface area is 106 Å². The molecule has 0 bridgehead atoms. The molecule has 1 atom stereocenters. The highest BCUT2D eigenvalue weighted by Gasteiger charge is 2.07. The van der Waals surface area contributed by atoms with Gasteiger partial charge in [0.2, 0.25) is 0 Å². The van der Waals surface area contributed by atoms with Crippen LogP contribution in [0.2, 0.25) is 0 Å². The molecule has 0 fully saturated rings. The molecule has 2 rings (SSSR count). The minimum atomic E-state index is 0.365. The highest BCUT2D eigenvalue weighted by atomic mass is 32.1. The Morgan fingerprint density at radius 3 is 2.76 bits per heavy atom. The molecule has 0 aliphatic carbocycles. The summed E-state index contributed by atoms with van der Waals surface area (Å²) in [5.41, 5.74) is 1.04. The van der Waals surface area contributed by atoms with Gasteiger partial charge in [-0.15, -0.1) is 11.3 Å². The lowest BCUT2D eigenvalue weighted by atomic mass is 10.2. The van der Waals surface area contributed by atoms with Crippen molar-refractivity contribution in [3.05, 3.63) is 45.7 Å². The van der Waals surface area contributed by atoms with Crippen LogP contribution in [0, 0.1) is 13.8 Å². The first kappa shape index (κ1) is 12.2. The third-order valence-corrected chi connectivity index (χ3v) is 3.79. The molecule has 2 heterocycles. The van der Waals surface area contributed by atoms with Crippen molar-refractivity contribution in [2.75, 3.05) is 0 Å². The second-order valence-corrected chi connectivity index (χ2v) is 5.47. The van der Waals surface area contributed by atoms with E-state index in [4.69, 9.17) is 0 Å². The Balaban J connectivity index is 1.94. The molecule has 2 aromatic heterocycles. The van der Waals surface area contributed by atoms with Crippen LogP contribution in [0.4, 0.5) is 0 Å². The van der Waals surface area contributed by atoms with Gasteiger partial charge < -0.3 is 5.32 Å². The standard InChI is InChI=1S/C13H17N3S/c1-9-4-5-13(17-9)10(2)15-8-12-6-7-14-11(3)16-12/h4-7,10,15H,8H2,1-3H3. The number of nitrogens with zero attached hydrogens (tertiary/aromatic N) is 2. The molecule has 0 amide bonds. The van der Waals surface area contributed by atoms with Crippen LogP contribution in [0.5, 0.6) is 0 Å². The van der Waals surface area contributed by atoms with Crippen LogP contribution in [0.25, 0.3) is 0 Å². The zero-order valence-electron chi connectivity index (χ0n) is 10.4. The average Bonchev–Trinajstić information content (AvgIpc) is 2.73. The Morgan fingerprint density at radius 1 is 1.29 bits per heavy atom. The SMILES string of the molecule is Cc1nccc(CNC(C)c2ccc(C)s2)n1. The topological polar surface area (TPSA) is 37.8 Å². The molecule has 17 heavy (non-hydrogen) atoms. The number of thiophene rings is 1. The predicted molar refractivity (Wildman–Crippen MR) is 71.1 cm³/mol. The van der Waals surface area contributed by atoms with Gasteiger partial charge in [-0.2, -0.15) is 0 Å². The lowest BCUT2D eigenvalue weighted by molar-refractivity contribution is 0.574. The van der Waals surface area contributed by atoms with E-state index >= 15 is 0 Å². The molecule has 0 aliphatic rings. The summed E-state index contributed by atoms with van der Waals surface area (Å²) in [4.78, 5) is 11.2. The monoisotopic (exact) mass is 247 g/mol. The van der Waals surface area contributed by atoms with Crippen molar-refractivity contribution in [1.29, 1.82) is 0 Å². The molecule has 0 spiro atoms. The van der Waals surface area contributed by atoms with E-state index < -0.39 is 0 Å². The third-order valence-electron chi connectivity index (χ3n) is 2.61. The van der Waals surface area contributed by atoms with Gasteiger partial charge in [-0.1, -0.05) is 0 Å². The summed E-state index contributed by atoms with van der Waals surface area (Å²) in [7, 11) is 0. The van der Waals surface area contributed by atoms with Gasteiger partial charge >= 0.3 is 0 Å². The van der Waals surface area contributed by atoms with E-state index in [1.165, 1.54) is 9.75 Å². The van der Waals surface area contributed by atoms with Gasteiger partial charge in [0.1, 0.15) is 5.82 Å². The Bertz CT molecular complexity index is 493. The fourth-order valence-electron chi connectivity index (χ4n) is 1.65. The molecule has 0 aliphatic heterocycles. The maximum absolute atomic E-state index is 4.37. The molecule has 1 N–H and O–H groups in total. The molecular weight excluding hydrogens is 230 g/mol. The van der Waals surface area contributed by atoms with E-state index in [0.29, 0.717) is 6.04 Å². The molecule has 0 saturated carbocycles. The van der Waals surface area contributed by atoms with Gasteiger partial charge in [-0.3, -0.25) is 0 Å². The first-order valence-corrected chi connectivity index (χ1v) is 6.55. The number of rotatable bonds is 4. The summed E-state index contributed by atoms with van der Waals surface area (Å²) in [5, 5.41) is 3.48. The summed E-state index contributed by atoms with van der Waals surface area (Å²) in [6, 6.07) is 6.66. The molecule has 1 unspecified atom stereocenters. The Kier molecular flexibility index (Phi) is 3.86. The van der Waals surface area contributed by atoms with Crippen molar-refractivity contribution in [3.8, 4) is 0 Å². The Hall–Kier alpha value is -1.26. The number of aryl methyl sites for hydroxylation is 2. The maximum Gasteiger partial charge on any atom is 0.125 e. The molecule has 0 radical (unpaired) electrons. The van der Waals surface area contributed by atoms with E-state index in [-0.39, 0.29) is 0 Å². The van der Waals surface area contributed by atoms with E-state index in [9.17, 15) is 0 Å². The number of nitrogens with one attached hydrogen (secondary N) is 1. The highest BCUT2D eigenvalue weighted by molar-refractivity contribution is 7.12. The first-order chi connectivity index (χ1) is 8.15. The number of hydrogen-bond donors (Lipinski definition) is 1. The summed E-state index contributed by atoms with van der Waals surface area (Å²) in [6.07, 6.45) is 1.80. The molecular formula is C13H17N3S. The van der Waals surface area contributed by atoms with Gasteiger partial charge in [0.25, 0.3) is 0 Å². The van der Waals surface area contributed by atoms with E-state index in [0.717, 1.165) is 18.1 Å². The van der Waals surface area contributed by atoms with Crippen LogP contribution in [0.15, 0.2) is 24.4 Å². The molecule has 2 aromatic rings. The zero-order chi connectivity index (χ0) is 12.3. The van der Waals surface area contributed by atoms with Crippen LogP contribution >= 0.6 is 11.3 Å². The van der Waals surface area contributed by atoms with Crippen molar-refractivity contribution >= 4 is 11.3 Å². The maximum atomic E-state index is 4.37.